The van der Waals surface area contributed by atoms with E-state index in [2.05, 4.69) is 12.1 Å². The highest BCUT2D eigenvalue weighted by Crippen LogP contribution is 2.37. The fourth-order valence-corrected chi connectivity index (χ4v) is 4.62. The Morgan fingerprint density at radius 3 is 2.86 bits per heavy atom. The average Bonchev–Trinajstić information content (AvgIpc) is 3.15. The van der Waals surface area contributed by atoms with Crippen LogP contribution in [0.3, 0.4) is 0 Å². The van der Waals surface area contributed by atoms with E-state index in [1.807, 2.05) is 47.0 Å². The van der Waals surface area contributed by atoms with Crippen LogP contribution in [0.2, 0.25) is 0 Å². The summed E-state index contributed by atoms with van der Waals surface area (Å²) in [5.41, 5.74) is 0. The second-order valence-corrected chi connectivity index (χ2v) is 7.02. The summed E-state index contributed by atoms with van der Waals surface area (Å²) in [6.07, 6.45) is 1.16. The molecule has 108 valence electrons. The summed E-state index contributed by atoms with van der Waals surface area (Å²) in [6.45, 7) is 1.04. The zero-order chi connectivity index (χ0) is 14.2. The number of thioether (sulfide) groups is 1. The largest absolute Gasteiger partial charge is 0.484 e. The molecule has 2 unspecified atom stereocenters. The van der Waals surface area contributed by atoms with Crippen molar-refractivity contribution in [3.05, 3.63) is 42.5 Å². The van der Waals surface area contributed by atoms with Gasteiger partial charge in [0.25, 0.3) is 5.91 Å². The van der Waals surface area contributed by atoms with Gasteiger partial charge in [0, 0.05) is 23.6 Å². The molecule has 2 saturated heterocycles. The van der Waals surface area contributed by atoms with Crippen molar-refractivity contribution in [3.63, 3.8) is 0 Å². The number of carbonyl (C=O) groups is 1. The molecule has 3 nitrogen and oxygen atoms in total. The van der Waals surface area contributed by atoms with E-state index < -0.39 is 0 Å². The third-order valence-corrected chi connectivity index (χ3v) is 5.69. The van der Waals surface area contributed by atoms with Gasteiger partial charge in [-0.05, 0) is 29.3 Å². The lowest BCUT2D eigenvalue weighted by Crippen LogP contribution is -2.41. The Labute approximate surface area is 128 Å². The highest BCUT2D eigenvalue weighted by molar-refractivity contribution is 8.00. The van der Waals surface area contributed by atoms with Crippen LogP contribution in [0.1, 0.15) is 6.42 Å². The molecule has 2 heterocycles. The van der Waals surface area contributed by atoms with Crippen LogP contribution in [0.15, 0.2) is 42.5 Å². The van der Waals surface area contributed by atoms with E-state index in [9.17, 15) is 4.79 Å². The smallest absolute Gasteiger partial charge is 0.260 e. The first-order valence-corrected chi connectivity index (χ1v) is 8.37. The van der Waals surface area contributed by atoms with E-state index in [0.29, 0.717) is 11.3 Å². The van der Waals surface area contributed by atoms with Gasteiger partial charge >= 0.3 is 0 Å². The number of likely N-dealkylation sites (tertiary alicyclic amines) is 1. The number of ether oxygens (including phenoxy) is 1. The van der Waals surface area contributed by atoms with Gasteiger partial charge in [-0.3, -0.25) is 4.79 Å². The fraction of sp³-hybridized carbons (Fsp3) is 0.353. The van der Waals surface area contributed by atoms with Gasteiger partial charge in [-0.1, -0.05) is 30.3 Å². The standard InChI is InChI=1S/C17H17NO2S/c19-17(18-9-16-8-14(18)11-21-16)10-20-15-6-5-12-3-1-2-4-13(12)7-15/h1-7,14,16H,8-11H2. The monoisotopic (exact) mass is 299 g/mol. The second-order valence-electron chi connectivity index (χ2n) is 5.69. The molecule has 0 saturated carbocycles. The van der Waals surface area contributed by atoms with Gasteiger partial charge in [0.15, 0.2) is 6.61 Å². The van der Waals surface area contributed by atoms with Crippen LogP contribution in [0.25, 0.3) is 10.8 Å². The SMILES string of the molecule is O=C(COc1ccc2ccccc2c1)N1CC2CC1CS2. The summed E-state index contributed by atoms with van der Waals surface area (Å²) in [5, 5.41) is 2.98. The molecule has 2 fully saturated rings. The molecular weight excluding hydrogens is 282 g/mol. The summed E-state index contributed by atoms with van der Waals surface area (Å²) in [4.78, 5) is 14.3. The average molecular weight is 299 g/mol. The summed E-state index contributed by atoms with van der Waals surface area (Å²) >= 11 is 1.99. The zero-order valence-electron chi connectivity index (χ0n) is 11.7. The van der Waals surface area contributed by atoms with Gasteiger partial charge in [0.2, 0.25) is 0 Å². The molecule has 1 amide bonds. The summed E-state index contributed by atoms with van der Waals surface area (Å²) < 4.78 is 5.70. The molecule has 2 aliphatic heterocycles. The Hall–Kier alpha value is -1.68. The third-order valence-electron chi connectivity index (χ3n) is 4.30. The molecule has 2 aliphatic rings. The van der Waals surface area contributed by atoms with Crippen LogP contribution in [-0.2, 0) is 4.79 Å². The summed E-state index contributed by atoms with van der Waals surface area (Å²) in [6, 6.07) is 14.6. The maximum absolute atomic E-state index is 12.3. The molecule has 2 atom stereocenters. The predicted molar refractivity (Wildman–Crippen MR) is 85.8 cm³/mol. The van der Waals surface area contributed by atoms with Gasteiger partial charge in [0.1, 0.15) is 5.75 Å². The number of carbonyl (C=O) groups excluding carboxylic acids is 1. The molecule has 4 heteroatoms. The Morgan fingerprint density at radius 1 is 1.24 bits per heavy atom. The van der Waals surface area contributed by atoms with Gasteiger partial charge in [-0.15, -0.1) is 0 Å². The topological polar surface area (TPSA) is 29.5 Å². The molecule has 0 N–H and O–H groups in total. The molecule has 4 rings (SSSR count). The van der Waals surface area contributed by atoms with Crippen molar-refractivity contribution in [1.82, 2.24) is 4.90 Å². The Kier molecular flexibility index (Phi) is 3.26. The van der Waals surface area contributed by atoms with E-state index in [4.69, 9.17) is 4.74 Å². The Morgan fingerprint density at radius 2 is 2.10 bits per heavy atom. The molecule has 2 aromatic carbocycles. The molecule has 21 heavy (non-hydrogen) atoms. The Bertz CT molecular complexity index is 687. The van der Waals surface area contributed by atoms with E-state index in [1.165, 1.54) is 5.39 Å². The molecular formula is C17H17NO2S. The van der Waals surface area contributed by atoms with Gasteiger partial charge in [0.05, 0.1) is 0 Å². The Balaban J connectivity index is 1.42. The number of fused-ring (bicyclic) bond motifs is 3. The minimum atomic E-state index is 0.121. The minimum Gasteiger partial charge on any atom is -0.484 e. The molecule has 2 aromatic rings. The number of amides is 1. The van der Waals surface area contributed by atoms with Crippen molar-refractivity contribution in [3.8, 4) is 5.75 Å². The first-order chi connectivity index (χ1) is 10.3. The quantitative estimate of drug-likeness (QED) is 0.873. The van der Waals surface area contributed by atoms with Crippen LogP contribution in [0.5, 0.6) is 5.75 Å². The lowest BCUT2D eigenvalue weighted by atomic mass is 10.1. The van der Waals surface area contributed by atoms with Crippen molar-refractivity contribution in [2.24, 2.45) is 0 Å². The van der Waals surface area contributed by atoms with Crippen molar-refractivity contribution < 1.29 is 9.53 Å². The lowest BCUT2D eigenvalue weighted by Gasteiger charge is -2.26. The number of rotatable bonds is 3. The number of nitrogens with zero attached hydrogens (tertiary/aromatic N) is 1. The van der Waals surface area contributed by atoms with Crippen LogP contribution in [-0.4, -0.2) is 41.0 Å². The highest BCUT2D eigenvalue weighted by atomic mass is 32.2. The van der Waals surface area contributed by atoms with Gasteiger partial charge < -0.3 is 9.64 Å². The molecule has 0 radical (unpaired) electrons. The lowest BCUT2D eigenvalue weighted by molar-refractivity contribution is -0.133. The van der Waals surface area contributed by atoms with E-state index in [1.54, 1.807) is 0 Å². The second kappa shape index (κ2) is 5.26. The molecule has 2 bridgehead atoms. The minimum absolute atomic E-state index is 0.121. The fourth-order valence-electron chi connectivity index (χ4n) is 3.19. The molecule has 0 aromatic heterocycles. The van der Waals surface area contributed by atoms with Crippen molar-refractivity contribution >= 4 is 28.4 Å². The van der Waals surface area contributed by atoms with Crippen LogP contribution < -0.4 is 4.74 Å². The highest BCUT2D eigenvalue weighted by Gasteiger charge is 2.40. The van der Waals surface area contributed by atoms with E-state index in [0.717, 1.165) is 29.9 Å². The van der Waals surface area contributed by atoms with Crippen LogP contribution in [0, 0.1) is 0 Å². The van der Waals surface area contributed by atoms with Crippen molar-refractivity contribution in [2.75, 3.05) is 18.9 Å². The summed E-state index contributed by atoms with van der Waals surface area (Å²) in [5.74, 6) is 1.98. The first-order valence-electron chi connectivity index (χ1n) is 7.32. The van der Waals surface area contributed by atoms with Gasteiger partial charge in [-0.2, -0.15) is 11.8 Å². The number of hydrogen-bond acceptors (Lipinski definition) is 3. The van der Waals surface area contributed by atoms with E-state index in [-0.39, 0.29) is 12.5 Å². The van der Waals surface area contributed by atoms with Crippen molar-refractivity contribution in [2.45, 2.75) is 17.7 Å². The normalized spacial score (nSPS) is 23.7. The third kappa shape index (κ3) is 2.48. The van der Waals surface area contributed by atoms with E-state index >= 15 is 0 Å². The van der Waals surface area contributed by atoms with Crippen LogP contribution in [0.4, 0.5) is 0 Å². The number of hydrogen-bond donors (Lipinski definition) is 0. The summed E-state index contributed by atoms with van der Waals surface area (Å²) in [7, 11) is 0. The maximum Gasteiger partial charge on any atom is 0.260 e. The van der Waals surface area contributed by atoms with Crippen molar-refractivity contribution in [1.29, 1.82) is 0 Å². The number of benzene rings is 2. The predicted octanol–water partition coefficient (Wildman–Crippen LogP) is 2.93. The maximum atomic E-state index is 12.3. The first kappa shape index (κ1) is 13.0. The molecule has 0 aliphatic carbocycles. The molecule has 0 spiro atoms. The van der Waals surface area contributed by atoms with Gasteiger partial charge in [-0.25, -0.2) is 0 Å². The van der Waals surface area contributed by atoms with Crippen LogP contribution >= 0.6 is 11.8 Å². The zero-order valence-corrected chi connectivity index (χ0v) is 12.5.